The van der Waals surface area contributed by atoms with E-state index in [-0.39, 0.29) is 12.3 Å². The van der Waals surface area contributed by atoms with Crippen LogP contribution in [0.5, 0.6) is 0 Å². The molecule has 0 aliphatic carbocycles. The van der Waals surface area contributed by atoms with Crippen LogP contribution in [0.15, 0.2) is 24.3 Å². The number of anilines is 1. The molecule has 1 aliphatic rings. The predicted molar refractivity (Wildman–Crippen MR) is 81.5 cm³/mol. The summed E-state index contributed by atoms with van der Waals surface area (Å²) in [5.41, 5.74) is -0.203. The molecule has 6 heteroatoms. The Morgan fingerprint density at radius 3 is 2.90 bits per heavy atom. The SMILES string of the molecule is CC1(C(=O)O)CCCN1CCC(=O)Nc1cccc(Cl)c1. The molecule has 21 heavy (non-hydrogen) atoms. The Kier molecular flexibility index (Phi) is 4.85. The predicted octanol–water partition coefficient (Wildman–Crippen LogP) is 2.61. The third-order valence-corrected chi connectivity index (χ3v) is 4.20. The van der Waals surface area contributed by atoms with Crippen molar-refractivity contribution < 1.29 is 14.7 Å². The zero-order chi connectivity index (χ0) is 15.5. The molecule has 1 amide bonds. The van der Waals surface area contributed by atoms with Gasteiger partial charge in [0.15, 0.2) is 0 Å². The van der Waals surface area contributed by atoms with Gasteiger partial charge in [0.05, 0.1) is 0 Å². The number of likely N-dealkylation sites (tertiary alicyclic amines) is 1. The van der Waals surface area contributed by atoms with E-state index in [2.05, 4.69) is 5.32 Å². The number of carboxylic acid groups (broad SMARTS) is 1. The van der Waals surface area contributed by atoms with Crippen molar-refractivity contribution in [3.05, 3.63) is 29.3 Å². The number of aliphatic carboxylic acids is 1. The maximum absolute atomic E-state index is 11.9. The third kappa shape index (κ3) is 3.74. The van der Waals surface area contributed by atoms with E-state index in [9.17, 15) is 14.7 Å². The molecule has 1 aliphatic heterocycles. The highest BCUT2D eigenvalue weighted by molar-refractivity contribution is 6.30. The second-order valence-electron chi connectivity index (χ2n) is 5.48. The largest absolute Gasteiger partial charge is 0.480 e. The zero-order valence-corrected chi connectivity index (χ0v) is 12.7. The molecule has 1 unspecified atom stereocenters. The Bertz CT molecular complexity index is 549. The Balaban J connectivity index is 1.88. The number of amides is 1. The van der Waals surface area contributed by atoms with Gasteiger partial charge in [-0.25, -0.2) is 0 Å². The number of carbonyl (C=O) groups is 2. The van der Waals surface area contributed by atoms with E-state index in [0.29, 0.717) is 30.2 Å². The maximum atomic E-state index is 11.9. The fraction of sp³-hybridized carbons (Fsp3) is 0.467. The minimum absolute atomic E-state index is 0.142. The summed E-state index contributed by atoms with van der Waals surface area (Å²) in [6.45, 7) is 2.87. The molecular weight excluding hydrogens is 292 g/mol. The van der Waals surface area contributed by atoms with Crippen molar-refractivity contribution in [1.82, 2.24) is 4.90 Å². The van der Waals surface area contributed by atoms with E-state index in [0.717, 1.165) is 6.42 Å². The summed E-state index contributed by atoms with van der Waals surface area (Å²) in [6.07, 6.45) is 1.73. The van der Waals surface area contributed by atoms with Gasteiger partial charge in [-0.1, -0.05) is 17.7 Å². The summed E-state index contributed by atoms with van der Waals surface area (Å²) in [5.74, 6) is -0.966. The van der Waals surface area contributed by atoms with Crippen LogP contribution in [-0.4, -0.2) is 40.5 Å². The van der Waals surface area contributed by atoms with Gasteiger partial charge in [0.1, 0.15) is 5.54 Å². The first-order valence-corrected chi connectivity index (χ1v) is 7.33. The smallest absolute Gasteiger partial charge is 0.323 e. The van der Waals surface area contributed by atoms with Crippen LogP contribution in [0, 0.1) is 0 Å². The van der Waals surface area contributed by atoms with Gasteiger partial charge in [-0.05, 0) is 44.5 Å². The lowest BCUT2D eigenvalue weighted by Gasteiger charge is -2.30. The Hall–Kier alpha value is -1.59. The summed E-state index contributed by atoms with van der Waals surface area (Å²) in [7, 11) is 0. The molecular formula is C15H19ClN2O3. The molecule has 0 saturated carbocycles. The molecule has 0 aromatic heterocycles. The molecule has 2 rings (SSSR count). The van der Waals surface area contributed by atoms with Crippen molar-refractivity contribution in [2.24, 2.45) is 0 Å². The summed E-state index contributed by atoms with van der Waals surface area (Å²) in [5, 5.41) is 12.6. The number of rotatable bonds is 5. The van der Waals surface area contributed by atoms with Crippen LogP contribution in [0.25, 0.3) is 0 Å². The van der Waals surface area contributed by atoms with Crippen molar-refractivity contribution in [1.29, 1.82) is 0 Å². The van der Waals surface area contributed by atoms with Crippen LogP contribution in [0.4, 0.5) is 5.69 Å². The molecule has 114 valence electrons. The molecule has 0 bridgehead atoms. The maximum Gasteiger partial charge on any atom is 0.323 e. The minimum Gasteiger partial charge on any atom is -0.480 e. The van der Waals surface area contributed by atoms with Gasteiger partial charge in [-0.3, -0.25) is 14.5 Å². The number of nitrogens with one attached hydrogen (secondary N) is 1. The van der Waals surface area contributed by atoms with Gasteiger partial charge in [0.2, 0.25) is 5.91 Å². The van der Waals surface area contributed by atoms with Crippen LogP contribution in [0.3, 0.4) is 0 Å². The molecule has 1 aromatic carbocycles. The Labute approximate surface area is 128 Å². The van der Waals surface area contributed by atoms with Gasteiger partial charge in [0, 0.05) is 23.7 Å². The number of carbonyl (C=O) groups excluding carboxylic acids is 1. The number of nitrogens with zero attached hydrogens (tertiary/aromatic N) is 1. The molecule has 5 nitrogen and oxygen atoms in total. The molecule has 1 atom stereocenters. The van der Waals surface area contributed by atoms with E-state index in [1.165, 1.54) is 0 Å². The van der Waals surface area contributed by atoms with Crippen molar-refractivity contribution in [3.63, 3.8) is 0 Å². The van der Waals surface area contributed by atoms with Crippen molar-refractivity contribution in [3.8, 4) is 0 Å². The zero-order valence-electron chi connectivity index (χ0n) is 11.9. The summed E-state index contributed by atoms with van der Waals surface area (Å²) in [4.78, 5) is 25.2. The Morgan fingerprint density at radius 2 is 2.24 bits per heavy atom. The molecule has 0 radical (unpaired) electrons. The number of carboxylic acids is 1. The van der Waals surface area contributed by atoms with Crippen molar-refractivity contribution in [2.75, 3.05) is 18.4 Å². The summed E-state index contributed by atoms with van der Waals surface area (Å²) in [6, 6.07) is 6.94. The first kappa shape index (κ1) is 15.8. The van der Waals surface area contributed by atoms with Crippen LogP contribution < -0.4 is 5.32 Å². The average molecular weight is 311 g/mol. The molecule has 0 spiro atoms. The average Bonchev–Trinajstić information content (AvgIpc) is 2.79. The van der Waals surface area contributed by atoms with E-state index in [1.807, 2.05) is 4.90 Å². The van der Waals surface area contributed by atoms with Crippen LogP contribution in [0.2, 0.25) is 5.02 Å². The van der Waals surface area contributed by atoms with Gasteiger partial charge < -0.3 is 10.4 Å². The van der Waals surface area contributed by atoms with Gasteiger partial charge in [-0.15, -0.1) is 0 Å². The van der Waals surface area contributed by atoms with Gasteiger partial charge >= 0.3 is 5.97 Å². The van der Waals surface area contributed by atoms with E-state index >= 15 is 0 Å². The second kappa shape index (κ2) is 6.45. The lowest BCUT2D eigenvalue weighted by molar-refractivity contribution is -0.148. The quantitative estimate of drug-likeness (QED) is 0.877. The molecule has 1 saturated heterocycles. The fourth-order valence-electron chi connectivity index (χ4n) is 2.65. The highest BCUT2D eigenvalue weighted by Crippen LogP contribution is 2.29. The normalized spacial score (nSPS) is 22.2. The number of benzene rings is 1. The lowest BCUT2D eigenvalue weighted by Crippen LogP contribution is -2.48. The monoisotopic (exact) mass is 310 g/mol. The summed E-state index contributed by atoms with van der Waals surface area (Å²) < 4.78 is 0. The lowest BCUT2D eigenvalue weighted by atomic mass is 9.99. The standard InChI is InChI=1S/C15H19ClN2O3/c1-15(14(20)21)7-3-8-18(15)9-6-13(19)17-12-5-2-4-11(16)10-12/h2,4-5,10H,3,6-9H2,1H3,(H,17,19)(H,20,21). The second-order valence-corrected chi connectivity index (χ2v) is 5.91. The molecule has 1 heterocycles. The minimum atomic E-state index is -0.851. The summed E-state index contributed by atoms with van der Waals surface area (Å²) >= 11 is 5.86. The highest BCUT2D eigenvalue weighted by Gasteiger charge is 2.42. The molecule has 1 aromatic rings. The Morgan fingerprint density at radius 1 is 1.48 bits per heavy atom. The highest BCUT2D eigenvalue weighted by atomic mass is 35.5. The number of hydrogen-bond donors (Lipinski definition) is 2. The topological polar surface area (TPSA) is 69.6 Å². The van der Waals surface area contributed by atoms with Crippen LogP contribution in [-0.2, 0) is 9.59 Å². The van der Waals surface area contributed by atoms with Crippen molar-refractivity contribution in [2.45, 2.75) is 31.7 Å². The molecule has 1 fully saturated rings. The van der Waals surface area contributed by atoms with Gasteiger partial charge in [0.25, 0.3) is 0 Å². The van der Waals surface area contributed by atoms with E-state index < -0.39 is 11.5 Å². The van der Waals surface area contributed by atoms with E-state index in [1.54, 1.807) is 31.2 Å². The molecule has 2 N–H and O–H groups in total. The first-order chi connectivity index (χ1) is 9.91. The van der Waals surface area contributed by atoms with Crippen molar-refractivity contribution >= 4 is 29.2 Å². The van der Waals surface area contributed by atoms with E-state index in [4.69, 9.17) is 11.6 Å². The van der Waals surface area contributed by atoms with Crippen LogP contribution in [0.1, 0.15) is 26.2 Å². The number of halogens is 1. The first-order valence-electron chi connectivity index (χ1n) is 6.96. The fourth-order valence-corrected chi connectivity index (χ4v) is 2.84. The number of hydrogen-bond acceptors (Lipinski definition) is 3. The van der Waals surface area contributed by atoms with Crippen LogP contribution >= 0.6 is 11.6 Å². The third-order valence-electron chi connectivity index (χ3n) is 3.97. The van der Waals surface area contributed by atoms with Gasteiger partial charge in [-0.2, -0.15) is 0 Å².